The molecule has 0 saturated heterocycles. The van der Waals surface area contributed by atoms with Crippen molar-refractivity contribution in [3.05, 3.63) is 53.1 Å². The molecular weight excluding hydrogens is 348 g/mol. The zero-order chi connectivity index (χ0) is 16.5. The van der Waals surface area contributed by atoms with E-state index in [2.05, 4.69) is 4.72 Å². The number of anilines is 1. The second kappa shape index (κ2) is 5.88. The van der Waals surface area contributed by atoms with Gasteiger partial charge < -0.3 is 0 Å². The second-order valence-corrected chi connectivity index (χ2v) is 8.23. The van der Waals surface area contributed by atoms with Gasteiger partial charge in [0, 0.05) is 0 Å². The Bertz CT molecular complexity index is 925. The van der Waals surface area contributed by atoms with Gasteiger partial charge in [0.1, 0.15) is 4.90 Å². The molecule has 3 N–H and O–H groups in total. The van der Waals surface area contributed by atoms with Crippen LogP contribution >= 0.6 is 11.6 Å². The number of rotatable bonds is 4. The first-order valence-corrected chi connectivity index (χ1v) is 9.42. The van der Waals surface area contributed by atoms with E-state index < -0.39 is 20.0 Å². The first-order valence-electron chi connectivity index (χ1n) is 6.01. The van der Waals surface area contributed by atoms with Gasteiger partial charge in [0.2, 0.25) is 10.0 Å². The van der Waals surface area contributed by atoms with Gasteiger partial charge >= 0.3 is 0 Å². The Morgan fingerprint density at radius 1 is 1.05 bits per heavy atom. The average Bonchev–Trinajstić information content (AvgIpc) is 2.36. The van der Waals surface area contributed by atoms with Gasteiger partial charge in [-0.15, -0.1) is 0 Å². The lowest BCUT2D eigenvalue weighted by Crippen LogP contribution is -2.15. The summed E-state index contributed by atoms with van der Waals surface area (Å²) >= 11 is 5.95. The van der Waals surface area contributed by atoms with Gasteiger partial charge in [-0.3, -0.25) is 4.72 Å². The number of halogens is 1. The highest BCUT2D eigenvalue weighted by atomic mass is 35.5. The first-order chi connectivity index (χ1) is 10.1. The molecule has 0 aliphatic rings. The van der Waals surface area contributed by atoms with Crippen LogP contribution in [0.4, 0.5) is 5.69 Å². The maximum Gasteiger partial charge on any atom is 0.263 e. The summed E-state index contributed by atoms with van der Waals surface area (Å²) in [4.78, 5) is -0.288. The largest absolute Gasteiger partial charge is 0.280 e. The summed E-state index contributed by atoms with van der Waals surface area (Å²) in [6.07, 6.45) is 0. The third-order valence-electron chi connectivity index (χ3n) is 2.79. The Morgan fingerprint density at radius 3 is 2.32 bits per heavy atom. The number of sulfonamides is 2. The van der Waals surface area contributed by atoms with Crippen molar-refractivity contribution in [2.45, 2.75) is 16.7 Å². The van der Waals surface area contributed by atoms with Crippen LogP contribution in [0.5, 0.6) is 0 Å². The first kappa shape index (κ1) is 16.8. The third kappa shape index (κ3) is 3.77. The normalized spacial score (nSPS) is 12.1. The molecule has 0 radical (unpaired) electrons. The van der Waals surface area contributed by atoms with Crippen LogP contribution in [0.25, 0.3) is 0 Å². The highest BCUT2D eigenvalue weighted by Crippen LogP contribution is 2.25. The van der Waals surface area contributed by atoms with Gasteiger partial charge in [0.15, 0.2) is 0 Å². The molecule has 0 spiro atoms. The van der Waals surface area contributed by atoms with Gasteiger partial charge in [-0.05, 0) is 42.8 Å². The highest BCUT2D eigenvalue weighted by Gasteiger charge is 2.19. The van der Waals surface area contributed by atoms with E-state index in [0.29, 0.717) is 0 Å². The molecule has 2 rings (SSSR count). The van der Waals surface area contributed by atoms with E-state index in [1.54, 1.807) is 13.0 Å². The SMILES string of the molecule is Cc1ccc(S(=O)(=O)Nc2cccc(S(N)(=O)=O)c2)c(Cl)c1. The lowest BCUT2D eigenvalue weighted by molar-refractivity contribution is 0.596. The Kier molecular flexibility index (Phi) is 4.48. The van der Waals surface area contributed by atoms with E-state index >= 15 is 0 Å². The monoisotopic (exact) mass is 360 g/mol. The molecule has 0 unspecified atom stereocenters. The van der Waals surface area contributed by atoms with Crippen LogP contribution in [0, 0.1) is 6.92 Å². The predicted molar refractivity (Wildman–Crippen MR) is 84.8 cm³/mol. The summed E-state index contributed by atoms with van der Waals surface area (Å²) in [6.45, 7) is 1.78. The Morgan fingerprint density at radius 2 is 1.73 bits per heavy atom. The molecule has 0 amide bonds. The lowest BCUT2D eigenvalue weighted by atomic mass is 10.2. The lowest BCUT2D eigenvalue weighted by Gasteiger charge is -2.10. The van der Waals surface area contributed by atoms with Crippen molar-refractivity contribution >= 4 is 37.3 Å². The van der Waals surface area contributed by atoms with Gasteiger partial charge in [0.25, 0.3) is 10.0 Å². The van der Waals surface area contributed by atoms with Crippen LogP contribution in [0.3, 0.4) is 0 Å². The molecule has 0 saturated carbocycles. The highest BCUT2D eigenvalue weighted by molar-refractivity contribution is 7.92. The van der Waals surface area contributed by atoms with Gasteiger partial charge in [-0.1, -0.05) is 23.7 Å². The maximum atomic E-state index is 12.3. The minimum absolute atomic E-state index is 0.0724. The molecule has 0 aromatic heterocycles. The number of benzene rings is 2. The number of nitrogens with two attached hydrogens (primary N) is 1. The van der Waals surface area contributed by atoms with E-state index in [1.165, 1.54) is 30.3 Å². The van der Waals surface area contributed by atoms with E-state index in [9.17, 15) is 16.8 Å². The fourth-order valence-electron chi connectivity index (χ4n) is 1.77. The number of hydrogen-bond acceptors (Lipinski definition) is 4. The Labute approximate surface area is 134 Å². The number of hydrogen-bond donors (Lipinski definition) is 2. The van der Waals surface area contributed by atoms with E-state index in [0.717, 1.165) is 11.6 Å². The number of nitrogens with one attached hydrogen (secondary N) is 1. The average molecular weight is 361 g/mol. The summed E-state index contributed by atoms with van der Waals surface area (Å²) in [5.41, 5.74) is 0.892. The summed E-state index contributed by atoms with van der Waals surface area (Å²) in [7, 11) is -7.86. The number of primary sulfonamides is 1. The third-order valence-corrected chi connectivity index (χ3v) is 5.57. The van der Waals surface area contributed by atoms with Crippen LogP contribution in [0.2, 0.25) is 5.02 Å². The minimum atomic E-state index is -3.94. The number of aryl methyl sites for hydroxylation is 1. The summed E-state index contributed by atoms with van der Waals surface area (Å²) in [5, 5.41) is 5.09. The predicted octanol–water partition coefficient (Wildman–Crippen LogP) is 2.10. The van der Waals surface area contributed by atoms with Crippen LogP contribution in [0.1, 0.15) is 5.56 Å². The quantitative estimate of drug-likeness (QED) is 0.870. The van der Waals surface area contributed by atoms with Gasteiger partial charge in [-0.2, -0.15) is 0 Å². The zero-order valence-corrected chi connectivity index (χ0v) is 13.8. The molecule has 0 heterocycles. The Balaban J connectivity index is 2.41. The van der Waals surface area contributed by atoms with Crippen molar-refractivity contribution in [3.8, 4) is 0 Å². The van der Waals surface area contributed by atoms with Crippen molar-refractivity contribution in [1.82, 2.24) is 0 Å². The molecule has 0 aliphatic carbocycles. The summed E-state index contributed by atoms with van der Waals surface area (Å²) < 4.78 is 49.5. The Hall–Kier alpha value is -1.61. The molecule has 22 heavy (non-hydrogen) atoms. The van der Waals surface area contributed by atoms with Crippen LogP contribution < -0.4 is 9.86 Å². The zero-order valence-electron chi connectivity index (χ0n) is 11.4. The van der Waals surface area contributed by atoms with Gasteiger partial charge in [-0.25, -0.2) is 22.0 Å². The minimum Gasteiger partial charge on any atom is -0.280 e. The van der Waals surface area contributed by atoms with E-state index in [4.69, 9.17) is 16.7 Å². The van der Waals surface area contributed by atoms with Crippen LogP contribution in [-0.2, 0) is 20.0 Å². The fourth-order valence-corrected chi connectivity index (χ4v) is 3.98. The second-order valence-electron chi connectivity index (χ2n) is 4.61. The molecular formula is C13H13ClN2O4S2. The van der Waals surface area contributed by atoms with Gasteiger partial charge in [0.05, 0.1) is 15.6 Å². The topological polar surface area (TPSA) is 106 Å². The standard InChI is InChI=1S/C13H13ClN2O4S2/c1-9-5-6-13(12(14)7-9)22(19,20)16-10-3-2-4-11(8-10)21(15,17)18/h2-8,16H,1H3,(H2,15,17,18). The van der Waals surface area contributed by atoms with Crippen molar-refractivity contribution in [1.29, 1.82) is 0 Å². The maximum absolute atomic E-state index is 12.3. The van der Waals surface area contributed by atoms with Crippen LogP contribution in [-0.4, -0.2) is 16.8 Å². The summed E-state index contributed by atoms with van der Waals surface area (Å²) in [5.74, 6) is 0. The molecule has 9 heteroatoms. The smallest absolute Gasteiger partial charge is 0.263 e. The molecule has 0 aliphatic heterocycles. The molecule has 2 aromatic carbocycles. The molecule has 2 aromatic rings. The van der Waals surface area contributed by atoms with Crippen molar-refractivity contribution in [2.24, 2.45) is 5.14 Å². The molecule has 0 atom stereocenters. The molecule has 0 bridgehead atoms. The van der Waals surface area contributed by atoms with E-state index in [1.807, 2.05) is 0 Å². The van der Waals surface area contributed by atoms with Crippen molar-refractivity contribution in [2.75, 3.05) is 4.72 Å². The molecule has 6 nitrogen and oxygen atoms in total. The molecule has 0 fully saturated rings. The van der Waals surface area contributed by atoms with E-state index in [-0.39, 0.29) is 20.5 Å². The van der Waals surface area contributed by atoms with Crippen molar-refractivity contribution < 1.29 is 16.8 Å². The summed E-state index contributed by atoms with van der Waals surface area (Å²) in [6, 6.07) is 9.71. The molecule has 118 valence electrons. The van der Waals surface area contributed by atoms with Crippen molar-refractivity contribution in [3.63, 3.8) is 0 Å². The van der Waals surface area contributed by atoms with Crippen LogP contribution in [0.15, 0.2) is 52.3 Å². The fraction of sp³-hybridized carbons (Fsp3) is 0.0769.